The highest BCUT2D eigenvalue weighted by Gasteiger charge is 2.33. The largest absolute Gasteiger partial charge is 0.493 e. The van der Waals surface area contributed by atoms with Crippen LogP contribution in [-0.2, 0) is 17.6 Å². The zero-order valence-electron chi connectivity index (χ0n) is 18.0. The third kappa shape index (κ3) is 4.64. The third-order valence-corrected chi connectivity index (χ3v) is 6.89. The number of hydrogen-bond acceptors (Lipinski definition) is 4. The lowest BCUT2D eigenvalue weighted by Crippen LogP contribution is -2.19. The minimum atomic E-state index is -0.714. The lowest BCUT2D eigenvalue weighted by molar-refractivity contribution is -0.142. The van der Waals surface area contributed by atoms with Gasteiger partial charge in [0.05, 0.1) is 28.3 Å². The monoisotopic (exact) mass is 473 g/mol. The molecule has 3 aromatic rings. The van der Waals surface area contributed by atoms with Gasteiger partial charge in [0.15, 0.2) is 0 Å². The van der Waals surface area contributed by atoms with Crippen LogP contribution in [-0.4, -0.2) is 22.7 Å². The SMILES string of the molecule is CC[C@H](C(=O)O)[C@@H]1CCc2cc(OCCc3nc(-c4ccc(Cl)c(Cl)c4)oc3C)ccc21. The van der Waals surface area contributed by atoms with Gasteiger partial charge in [-0.15, -0.1) is 0 Å². The number of carbonyl (C=O) groups is 1. The van der Waals surface area contributed by atoms with Crippen molar-refractivity contribution >= 4 is 29.2 Å². The van der Waals surface area contributed by atoms with Crippen LogP contribution in [0.25, 0.3) is 11.5 Å². The standard InChI is InChI=1S/C25H25Cl2NO4/c1-3-18(25(29)30)20-7-4-15-12-17(6-8-19(15)20)31-11-10-23-14(2)32-24(28-23)16-5-9-21(26)22(27)13-16/h5-6,8-9,12-13,18,20H,3-4,7,10-11H2,1-2H3,(H,29,30)/t18-,20-/m0/s1. The second kappa shape index (κ2) is 9.55. The van der Waals surface area contributed by atoms with Crippen LogP contribution in [0.3, 0.4) is 0 Å². The van der Waals surface area contributed by atoms with Crippen LogP contribution in [0.15, 0.2) is 40.8 Å². The first kappa shape index (κ1) is 22.7. The van der Waals surface area contributed by atoms with Crippen LogP contribution < -0.4 is 4.74 Å². The Kier molecular flexibility index (Phi) is 6.77. The Bertz CT molecular complexity index is 1140. The van der Waals surface area contributed by atoms with E-state index in [0.29, 0.717) is 35.4 Å². The molecule has 32 heavy (non-hydrogen) atoms. The summed E-state index contributed by atoms with van der Waals surface area (Å²) in [5, 5.41) is 10.5. The van der Waals surface area contributed by atoms with Gasteiger partial charge in [0, 0.05) is 12.0 Å². The van der Waals surface area contributed by atoms with Crippen molar-refractivity contribution in [2.24, 2.45) is 5.92 Å². The van der Waals surface area contributed by atoms with Gasteiger partial charge < -0.3 is 14.3 Å². The summed E-state index contributed by atoms with van der Waals surface area (Å²) in [6.07, 6.45) is 3.00. The molecule has 0 fully saturated rings. The normalized spacial score (nSPS) is 16.1. The van der Waals surface area contributed by atoms with Gasteiger partial charge in [-0.2, -0.15) is 0 Å². The Labute approximate surface area is 197 Å². The van der Waals surface area contributed by atoms with E-state index < -0.39 is 5.97 Å². The molecule has 0 bridgehead atoms. The molecule has 1 N–H and O–H groups in total. The van der Waals surface area contributed by atoms with Gasteiger partial charge in [-0.05, 0) is 73.6 Å². The van der Waals surface area contributed by atoms with E-state index in [1.54, 1.807) is 12.1 Å². The number of carboxylic acids is 1. The molecule has 0 saturated carbocycles. The summed E-state index contributed by atoms with van der Waals surface area (Å²) in [6.45, 7) is 4.28. The Balaban J connectivity index is 1.40. The average Bonchev–Trinajstić information content (AvgIpc) is 3.34. The summed E-state index contributed by atoms with van der Waals surface area (Å²) < 4.78 is 11.8. The van der Waals surface area contributed by atoms with Crippen LogP contribution >= 0.6 is 23.2 Å². The number of nitrogens with zero attached hydrogens (tertiary/aromatic N) is 1. The Morgan fingerprint density at radius 2 is 2.06 bits per heavy atom. The maximum absolute atomic E-state index is 11.6. The Morgan fingerprint density at radius 1 is 1.25 bits per heavy atom. The molecule has 1 heterocycles. The second-order valence-corrected chi connectivity index (χ2v) is 8.92. The van der Waals surface area contributed by atoms with Crippen molar-refractivity contribution in [2.45, 2.75) is 45.4 Å². The highest BCUT2D eigenvalue weighted by atomic mass is 35.5. The van der Waals surface area contributed by atoms with E-state index in [9.17, 15) is 9.90 Å². The molecule has 1 aliphatic carbocycles. The summed E-state index contributed by atoms with van der Waals surface area (Å²) in [5.41, 5.74) is 3.94. The number of benzene rings is 2. The van der Waals surface area contributed by atoms with Crippen LogP contribution in [0.1, 0.15) is 48.3 Å². The summed E-state index contributed by atoms with van der Waals surface area (Å²) in [6, 6.07) is 11.3. The molecule has 0 unspecified atom stereocenters. The lowest BCUT2D eigenvalue weighted by atomic mass is 9.85. The van der Waals surface area contributed by atoms with E-state index in [0.717, 1.165) is 41.2 Å². The van der Waals surface area contributed by atoms with E-state index in [4.69, 9.17) is 32.4 Å². The highest BCUT2D eigenvalue weighted by molar-refractivity contribution is 6.42. The minimum Gasteiger partial charge on any atom is -0.493 e. The fraction of sp³-hybridized carbons (Fsp3) is 0.360. The van der Waals surface area contributed by atoms with Crippen LogP contribution in [0.5, 0.6) is 5.75 Å². The van der Waals surface area contributed by atoms with Crippen molar-refractivity contribution < 1.29 is 19.1 Å². The summed E-state index contributed by atoms with van der Waals surface area (Å²) in [7, 11) is 0. The number of ether oxygens (including phenoxy) is 1. The number of rotatable bonds is 8. The quantitative estimate of drug-likeness (QED) is 0.393. The zero-order valence-corrected chi connectivity index (χ0v) is 19.5. The molecule has 2 atom stereocenters. The summed E-state index contributed by atoms with van der Waals surface area (Å²) in [4.78, 5) is 16.2. The van der Waals surface area contributed by atoms with Crippen molar-refractivity contribution in [1.29, 1.82) is 0 Å². The number of hydrogen-bond donors (Lipinski definition) is 1. The molecule has 168 valence electrons. The molecule has 1 aliphatic rings. The molecular weight excluding hydrogens is 449 g/mol. The molecule has 7 heteroatoms. The minimum absolute atomic E-state index is 0.0825. The molecule has 0 amide bonds. The first-order valence-electron chi connectivity index (χ1n) is 10.8. The molecule has 0 saturated heterocycles. The number of halogens is 2. The Hall–Kier alpha value is -2.50. The maximum Gasteiger partial charge on any atom is 0.307 e. The topological polar surface area (TPSA) is 72.6 Å². The maximum atomic E-state index is 11.6. The fourth-order valence-electron chi connectivity index (χ4n) is 4.44. The molecule has 5 nitrogen and oxygen atoms in total. The number of fused-ring (bicyclic) bond motifs is 1. The van der Waals surface area contributed by atoms with Gasteiger partial charge in [-0.1, -0.05) is 36.2 Å². The van der Waals surface area contributed by atoms with Gasteiger partial charge in [0.1, 0.15) is 11.5 Å². The van der Waals surface area contributed by atoms with E-state index >= 15 is 0 Å². The molecule has 0 spiro atoms. The molecule has 0 radical (unpaired) electrons. The number of aromatic nitrogens is 1. The van der Waals surface area contributed by atoms with Gasteiger partial charge in [-0.3, -0.25) is 4.79 Å². The van der Waals surface area contributed by atoms with E-state index in [2.05, 4.69) is 4.98 Å². The van der Waals surface area contributed by atoms with Gasteiger partial charge in [0.2, 0.25) is 5.89 Å². The first-order valence-corrected chi connectivity index (χ1v) is 11.5. The lowest BCUT2D eigenvalue weighted by Gasteiger charge is -2.19. The van der Waals surface area contributed by atoms with Crippen LogP contribution in [0.2, 0.25) is 10.0 Å². The van der Waals surface area contributed by atoms with Gasteiger partial charge in [-0.25, -0.2) is 4.98 Å². The van der Waals surface area contributed by atoms with E-state index in [-0.39, 0.29) is 11.8 Å². The van der Waals surface area contributed by atoms with Crippen molar-refractivity contribution in [1.82, 2.24) is 4.98 Å². The number of carboxylic acid groups (broad SMARTS) is 1. The number of aryl methyl sites for hydroxylation is 2. The van der Waals surface area contributed by atoms with Crippen molar-refractivity contribution in [2.75, 3.05) is 6.61 Å². The van der Waals surface area contributed by atoms with E-state index in [1.807, 2.05) is 38.1 Å². The fourth-order valence-corrected chi connectivity index (χ4v) is 4.74. The van der Waals surface area contributed by atoms with Gasteiger partial charge >= 0.3 is 5.97 Å². The first-order chi connectivity index (χ1) is 15.4. The predicted molar refractivity (Wildman–Crippen MR) is 125 cm³/mol. The molecule has 2 aromatic carbocycles. The molecular formula is C25H25Cl2NO4. The van der Waals surface area contributed by atoms with Gasteiger partial charge in [0.25, 0.3) is 0 Å². The van der Waals surface area contributed by atoms with Crippen LogP contribution in [0, 0.1) is 12.8 Å². The molecule has 4 rings (SSSR count). The molecule has 1 aromatic heterocycles. The Morgan fingerprint density at radius 3 is 2.78 bits per heavy atom. The zero-order chi connectivity index (χ0) is 22.8. The van der Waals surface area contributed by atoms with Crippen molar-refractivity contribution in [3.8, 4) is 17.2 Å². The smallest absolute Gasteiger partial charge is 0.307 e. The van der Waals surface area contributed by atoms with Crippen molar-refractivity contribution in [3.05, 3.63) is 69.0 Å². The van der Waals surface area contributed by atoms with E-state index in [1.165, 1.54) is 5.56 Å². The summed E-state index contributed by atoms with van der Waals surface area (Å²) >= 11 is 12.1. The summed E-state index contributed by atoms with van der Waals surface area (Å²) in [5.74, 6) is 1.07. The third-order valence-electron chi connectivity index (χ3n) is 6.15. The highest BCUT2D eigenvalue weighted by Crippen LogP contribution is 2.41. The van der Waals surface area contributed by atoms with Crippen molar-refractivity contribution in [3.63, 3.8) is 0 Å². The average molecular weight is 474 g/mol. The second-order valence-electron chi connectivity index (χ2n) is 8.11. The molecule has 0 aliphatic heterocycles. The van der Waals surface area contributed by atoms with Crippen LogP contribution in [0.4, 0.5) is 0 Å². The number of aliphatic carboxylic acids is 1. The predicted octanol–water partition coefficient (Wildman–Crippen LogP) is 6.72. The number of oxazole rings is 1.